The Hall–Kier alpha value is -4.21. The van der Waals surface area contributed by atoms with Crippen molar-refractivity contribution >= 4 is 28.7 Å². The van der Waals surface area contributed by atoms with Crippen molar-refractivity contribution in [1.82, 2.24) is 24.8 Å². The topological polar surface area (TPSA) is 149 Å². The summed E-state index contributed by atoms with van der Waals surface area (Å²) < 4.78 is 6.96. The molecule has 0 aromatic carbocycles. The van der Waals surface area contributed by atoms with Crippen LogP contribution in [0.5, 0.6) is 0 Å². The number of aryl methyl sites for hydroxylation is 1. The van der Waals surface area contributed by atoms with E-state index in [1.807, 2.05) is 0 Å². The number of Topliss-reactive ketones (excluding diaryl/α,β-unsaturated/α-hetero) is 1. The highest BCUT2D eigenvalue weighted by molar-refractivity contribution is 6.38. The van der Waals surface area contributed by atoms with Gasteiger partial charge >= 0.3 is 0 Å². The van der Waals surface area contributed by atoms with Gasteiger partial charge in [-0.3, -0.25) is 19.0 Å². The summed E-state index contributed by atoms with van der Waals surface area (Å²) in [5.41, 5.74) is 7.28. The third-order valence-corrected chi connectivity index (χ3v) is 4.70. The summed E-state index contributed by atoms with van der Waals surface area (Å²) in [7, 11) is 0. The van der Waals surface area contributed by atoms with Crippen molar-refractivity contribution < 1.29 is 18.8 Å². The number of furan rings is 1. The number of imidazole rings is 1. The number of aromatic nitrogens is 4. The minimum absolute atomic E-state index is 0.0255. The summed E-state index contributed by atoms with van der Waals surface area (Å²) in [4.78, 5) is 48.4. The van der Waals surface area contributed by atoms with Crippen LogP contribution in [0.3, 0.4) is 0 Å². The number of fused-ring (bicyclic) bond motifs is 1. The van der Waals surface area contributed by atoms with Crippen LogP contribution in [-0.2, 0) is 16.0 Å². The maximum atomic E-state index is 13.0. The lowest BCUT2D eigenvalue weighted by Crippen LogP contribution is -2.47. The molecule has 4 rings (SSSR count). The monoisotopic (exact) mass is 406 g/mol. The molecular formula is C20H18N6O4. The van der Waals surface area contributed by atoms with Gasteiger partial charge in [0, 0.05) is 30.4 Å². The van der Waals surface area contributed by atoms with Gasteiger partial charge in [0.2, 0.25) is 5.78 Å². The summed E-state index contributed by atoms with van der Waals surface area (Å²) in [5.74, 6) is -1.60. The van der Waals surface area contributed by atoms with Crippen LogP contribution in [0.2, 0.25) is 0 Å². The number of hydrogen-bond acceptors (Lipinski definition) is 6. The molecule has 4 aromatic rings. The van der Waals surface area contributed by atoms with E-state index in [0.29, 0.717) is 22.8 Å². The fourth-order valence-electron chi connectivity index (χ4n) is 3.27. The number of H-pyrrole nitrogens is 1. The number of nitrogens with two attached hydrogens (primary N) is 1. The summed E-state index contributed by atoms with van der Waals surface area (Å²) in [6, 6.07) is 5.82. The van der Waals surface area contributed by atoms with E-state index in [9.17, 15) is 14.4 Å². The number of ketones is 1. The van der Waals surface area contributed by atoms with E-state index in [0.717, 1.165) is 5.52 Å². The van der Waals surface area contributed by atoms with Crippen LogP contribution in [0.25, 0.3) is 16.9 Å². The number of pyridine rings is 1. The van der Waals surface area contributed by atoms with Crippen molar-refractivity contribution in [3.05, 3.63) is 66.2 Å². The van der Waals surface area contributed by atoms with Gasteiger partial charge in [0.1, 0.15) is 23.4 Å². The van der Waals surface area contributed by atoms with Crippen molar-refractivity contribution in [2.75, 3.05) is 0 Å². The third kappa shape index (κ3) is 3.46. The summed E-state index contributed by atoms with van der Waals surface area (Å²) >= 11 is 0. The molecule has 0 bridgehead atoms. The van der Waals surface area contributed by atoms with Gasteiger partial charge in [-0.25, -0.2) is 9.97 Å². The second-order valence-corrected chi connectivity index (χ2v) is 6.65. The molecule has 0 saturated heterocycles. The van der Waals surface area contributed by atoms with Crippen LogP contribution >= 0.6 is 0 Å². The molecular weight excluding hydrogens is 388 g/mol. The highest BCUT2D eigenvalue weighted by Crippen LogP contribution is 2.21. The molecule has 10 heteroatoms. The Balaban J connectivity index is 1.64. The van der Waals surface area contributed by atoms with Crippen LogP contribution < -0.4 is 11.1 Å². The van der Waals surface area contributed by atoms with E-state index in [4.69, 9.17) is 10.2 Å². The zero-order valence-electron chi connectivity index (χ0n) is 16.0. The molecule has 1 atom stereocenters. The predicted molar refractivity (Wildman–Crippen MR) is 106 cm³/mol. The van der Waals surface area contributed by atoms with E-state index < -0.39 is 23.6 Å². The van der Waals surface area contributed by atoms with Gasteiger partial charge < -0.3 is 20.5 Å². The fraction of sp³-hybridized carbons (Fsp3) is 0.150. The number of carbonyl (C=O) groups is 3. The average Bonchev–Trinajstić information content (AvgIpc) is 3.44. The SMILES string of the molecule is Cc1ncc(C(=O)NC(Cc2c[nH]c3ccoc23)C(=O)C(N)=O)n1-c1ccccn1. The zero-order chi connectivity index (χ0) is 21.3. The first-order valence-corrected chi connectivity index (χ1v) is 9.09. The molecule has 2 amide bonds. The van der Waals surface area contributed by atoms with Crippen molar-refractivity contribution in [3.63, 3.8) is 0 Å². The Kier molecular flexibility index (Phi) is 4.88. The largest absolute Gasteiger partial charge is 0.462 e. The standard InChI is InChI=1S/C20H18N6O4/c1-11-23-10-15(26(11)16-4-2-3-6-22-16)20(29)25-14(17(27)19(21)28)8-12-9-24-13-5-7-30-18(12)13/h2-7,9-10,14,24H,8H2,1H3,(H2,21,28)(H,25,29). The van der Waals surface area contributed by atoms with Crippen LogP contribution in [0.1, 0.15) is 21.9 Å². The maximum Gasteiger partial charge on any atom is 0.287 e. The molecule has 4 aromatic heterocycles. The lowest BCUT2D eigenvalue weighted by molar-refractivity contribution is -0.137. The molecule has 0 spiro atoms. The first kappa shape index (κ1) is 19.1. The molecule has 0 aliphatic rings. The van der Waals surface area contributed by atoms with Gasteiger partial charge in [-0.05, 0) is 19.1 Å². The van der Waals surface area contributed by atoms with Crippen LogP contribution in [-0.4, -0.2) is 43.2 Å². The number of amides is 2. The Morgan fingerprint density at radius 2 is 2.10 bits per heavy atom. The van der Waals surface area contributed by atoms with Gasteiger partial charge in [0.25, 0.3) is 11.8 Å². The third-order valence-electron chi connectivity index (χ3n) is 4.70. The Morgan fingerprint density at radius 1 is 1.27 bits per heavy atom. The molecule has 152 valence electrons. The normalized spacial score (nSPS) is 12.0. The molecule has 10 nitrogen and oxygen atoms in total. The minimum atomic E-state index is -1.17. The van der Waals surface area contributed by atoms with Gasteiger partial charge in [0.15, 0.2) is 5.58 Å². The molecule has 4 N–H and O–H groups in total. The second kappa shape index (κ2) is 7.66. The molecule has 30 heavy (non-hydrogen) atoms. The Labute approximate surface area is 170 Å². The van der Waals surface area contributed by atoms with Crippen molar-refractivity contribution in [2.24, 2.45) is 5.73 Å². The van der Waals surface area contributed by atoms with E-state index in [1.165, 1.54) is 12.5 Å². The number of primary amides is 1. The lowest BCUT2D eigenvalue weighted by atomic mass is 10.0. The van der Waals surface area contributed by atoms with Crippen molar-refractivity contribution in [1.29, 1.82) is 0 Å². The second-order valence-electron chi connectivity index (χ2n) is 6.65. The van der Waals surface area contributed by atoms with Gasteiger partial charge in [0.05, 0.1) is 18.0 Å². The van der Waals surface area contributed by atoms with E-state index in [1.54, 1.807) is 48.1 Å². The van der Waals surface area contributed by atoms with E-state index in [2.05, 4.69) is 20.3 Å². The number of hydrogen-bond donors (Lipinski definition) is 3. The summed E-state index contributed by atoms with van der Waals surface area (Å²) in [5, 5.41) is 2.60. The number of nitrogens with one attached hydrogen (secondary N) is 2. The predicted octanol–water partition coefficient (Wildman–Crippen LogP) is 1.05. The molecule has 0 aliphatic heterocycles. The highest BCUT2D eigenvalue weighted by Gasteiger charge is 2.29. The number of aromatic amines is 1. The van der Waals surface area contributed by atoms with Gasteiger partial charge in [-0.2, -0.15) is 0 Å². The van der Waals surface area contributed by atoms with E-state index >= 15 is 0 Å². The van der Waals surface area contributed by atoms with Crippen LogP contribution in [0.15, 0.2) is 53.5 Å². The zero-order valence-corrected chi connectivity index (χ0v) is 16.0. The van der Waals surface area contributed by atoms with E-state index in [-0.39, 0.29) is 12.1 Å². The average molecular weight is 406 g/mol. The van der Waals surface area contributed by atoms with Crippen molar-refractivity contribution in [2.45, 2.75) is 19.4 Å². The fourth-order valence-corrected chi connectivity index (χ4v) is 3.27. The number of carbonyl (C=O) groups excluding carboxylic acids is 3. The summed E-state index contributed by atoms with van der Waals surface area (Å²) in [6.07, 6.45) is 6.16. The first-order valence-electron chi connectivity index (χ1n) is 9.09. The summed E-state index contributed by atoms with van der Waals surface area (Å²) in [6.45, 7) is 1.73. The highest BCUT2D eigenvalue weighted by atomic mass is 16.3. The quantitative estimate of drug-likeness (QED) is 0.391. The molecule has 0 fully saturated rings. The van der Waals surface area contributed by atoms with Crippen molar-refractivity contribution in [3.8, 4) is 5.82 Å². The Bertz CT molecular complexity index is 1240. The lowest BCUT2D eigenvalue weighted by Gasteiger charge is -2.16. The number of nitrogens with zero attached hydrogens (tertiary/aromatic N) is 3. The first-order chi connectivity index (χ1) is 14.5. The molecule has 0 aliphatic carbocycles. The minimum Gasteiger partial charge on any atom is -0.462 e. The van der Waals surface area contributed by atoms with Crippen LogP contribution in [0.4, 0.5) is 0 Å². The molecule has 0 radical (unpaired) electrons. The maximum absolute atomic E-state index is 13.0. The number of rotatable bonds is 7. The molecule has 4 heterocycles. The van der Waals surface area contributed by atoms with Crippen LogP contribution in [0, 0.1) is 6.92 Å². The Morgan fingerprint density at radius 3 is 2.83 bits per heavy atom. The molecule has 0 saturated carbocycles. The van der Waals surface area contributed by atoms with Gasteiger partial charge in [-0.1, -0.05) is 6.07 Å². The van der Waals surface area contributed by atoms with Gasteiger partial charge in [-0.15, -0.1) is 0 Å². The smallest absolute Gasteiger partial charge is 0.287 e. The molecule has 1 unspecified atom stereocenters.